The molecule has 1 heterocycles. The van der Waals surface area contributed by atoms with Crippen molar-refractivity contribution in [3.63, 3.8) is 0 Å². The van der Waals surface area contributed by atoms with Crippen LogP contribution in [-0.2, 0) is 4.74 Å². The summed E-state index contributed by atoms with van der Waals surface area (Å²) in [7, 11) is 0. The average Bonchev–Trinajstić information content (AvgIpc) is 2.95. The molecule has 0 aromatic rings. The summed E-state index contributed by atoms with van der Waals surface area (Å²) >= 11 is 0. The third-order valence-electron chi connectivity index (χ3n) is 3.69. The third kappa shape index (κ3) is 2.48. The summed E-state index contributed by atoms with van der Waals surface area (Å²) in [4.78, 5) is 0. The minimum Gasteiger partial charge on any atom is -0.393 e. The van der Waals surface area contributed by atoms with Gasteiger partial charge in [0.15, 0.2) is 0 Å². The molecule has 1 saturated heterocycles. The van der Waals surface area contributed by atoms with Crippen molar-refractivity contribution >= 4 is 0 Å². The van der Waals surface area contributed by atoms with Crippen molar-refractivity contribution in [2.45, 2.75) is 70.2 Å². The zero-order valence-electron chi connectivity index (χ0n) is 9.11. The zero-order valence-corrected chi connectivity index (χ0v) is 9.11. The normalized spacial score (nSPS) is 37.7. The van der Waals surface area contributed by atoms with Gasteiger partial charge in [-0.25, -0.2) is 0 Å². The molecule has 2 rings (SSSR count). The van der Waals surface area contributed by atoms with E-state index in [0.29, 0.717) is 18.1 Å². The first-order valence-electron chi connectivity index (χ1n) is 6.14. The van der Waals surface area contributed by atoms with E-state index in [0.717, 1.165) is 12.8 Å². The van der Waals surface area contributed by atoms with Crippen molar-refractivity contribution in [1.29, 1.82) is 0 Å². The van der Waals surface area contributed by atoms with Gasteiger partial charge in [-0.2, -0.15) is 0 Å². The van der Waals surface area contributed by atoms with Gasteiger partial charge < -0.3 is 9.84 Å². The van der Waals surface area contributed by atoms with Gasteiger partial charge in [-0.05, 0) is 31.6 Å². The largest absolute Gasteiger partial charge is 0.393 e. The number of rotatable bonds is 5. The lowest BCUT2D eigenvalue weighted by Gasteiger charge is -2.24. The van der Waals surface area contributed by atoms with Gasteiger partial charge in [0.1, 0.15) is 0 Å². The van der Waals surface area contributed by atoms with E-state index in [-0.39, 0.29) is 6.10 Å². The van der Waals surface area contributed by atoms with Gasteiger partial charge in [0.25, 0.3) is 0 Å². The van der Waals surface area contributed by atoms with E-state index in [1.54, 1.807) is 0 Å². The van der Waals surface area contributed by atoms with E-state index in [9.17, 15) is 5.11 Å². The first kappa shape index (κ1) is 10.4. The van der Waals surface area contributed by atoms with Gasteiger partial charge in [0, 0.05) is 0 Å². The Balaban J connectivity index is 1.66. The minimum absolute atomic E-state index is 0.0632. The Morgan fingerprint density at radius 2 is 2.14 bits per heavy atom. The fourth-order valence-electron chi connectivity index (χ4n) is 2.62. The fraction of sp³-hybridized carbons (Fsp3) is 1.00. The molecule has 1 saturated carbocycles. The number of aliphatic hydroxyl groups is 1. The Hall–Kier alpha value is -0.0800. The second kappa shape index (κ2) is 4.63. The summed E-state index contributed by atoms with van der Waals surface area (Å²) in [6.07, 6.45) is 9.15. The summed E-state index contributed by atoms with van der Waals surface area (Å²) in [5.41, 5.74) is 0. The Bertz CT molecular complexity index is 181. The van der Waals surface area contributed by atoms with Gasteiger partial charge in [-0.3, -0.25) is 0 Å². The molecule has 0 radical (unpaired) electrons. The molecule has 0 aromatic heterocycles. The van der Waals surface area contributed by atoms with Gasteiger partial charge in [-0.1, -0.05) is 26.2 Å². The number of epoxide rings is 1. The lowest BCUT2D eigenvalue weighted by molar-refractivity contribution is 0.0790. The summed E-state index contributed by atoms with van der Waals surface area (Å²) in [5, 5.41) is 9.98. The van der Waals surface area contributed by atoms with E-state index >= 15 is 0 Å². The van der Waals surface area contributed by atoms with E-state index in [1.807, 2.05) is 0 Å². The smallest absolute Gasteiger partial charge is 0.0845 e. The predicted octanol–water partition coefficient (Wildman–Crippen LogP) is 2.50. The first-order valence-corrected chi connectivity index (χ1v) is 6.14. The Labute approximate surface area is 86.6 Å². The minimum atomic E-state index is -0.0632. The molecule has 0 aromatic carbocycles. The van der Waals surface area contributed by atoms with E-state index in [2.05, 4.69) is 6.92 Å². The highest BCUT2D eigenvalue weighted by molar-refractivity contribution is 4.93. The molecule has 1 aliphatic heterocycles. The number of ether oxygens (including phenoxy) is 1. The highest BCUT2D eigenvalue weighted by atomic mass is 16.6. The van der Waals surface area contributed by atoms with Crippen LogP contribution in [0.15, 0.2) is 0 Å². The van der Waals surface area contributed by atoms with Crippen LogP contribution in [0, 0.1) is 5.92 Å². The van der Waals surface area contributed by atoms with Crippen molar-refractivity contribution in [1.82, 2.24) is 0 Å². The lowest BCUT2D eigenvalue weighted by Crippen LogP contribution is -2.25. The van der Waals surface area contributed by atoms with E-state index < -0.39 is 0 Å². The quantitative estimate of drug-likeness (QED) is 0.544. The number of hydrogen-bond acceptors (Lipinski definition) is 2. The average molecular weight is 198 g/mol. The van der Waals surface area contributed by atoms with E-state index in [1.165, 1.54) is 32.1 Å². The SMILES string of the molecule is CCCCCC(O)C1CCC2OC2C1. The van der Waals surface area contributed by atoms with Crippen LogP contribution in [-0.4, -0.2) is 23.4 Å². The standard InChI is InChI=1S/C12H22O2/c1-2-3-4-5-10(13)9-6-7-11-12(8-9)14-11/h9-13H,2-8H2,1H3. The van der Waals surface area contributed by atoms with Crippen LogP contribution in [0.4, 0.5) is 0 Å². The van der Waals surface area contributed by atoms with Crippen LogP contribution in [0.1, 0.15) is 51.9 Å². The molecule has 1 aliphatic carbocycles. The Morgan fingerprint density at radius 3 is 2.86 bits per heavy atom. The highest BCUT2D eigenvalue weighted by Gasteiger charge is 2.45. The fourth-order valence-corrected chi connectivity index (χ4v) is 2.62. The van der Waals surface area contributed by atoms with Crippen molar-refractivity contribution in [2.24, 2.45) is 5.92 Å². The van der Waals surface area contributed by atoms with Crippen LogP contribution < -0.4 is 0 Å². The maximum Gasteiger partial charge on any atom is 0.0845 e. The number of hydrogen-bond donors (Lipinski definition) is 1. The van der Waals surface area contributed by atoms with Gasteiger partial charge in [0.2, 0.25) is 0 Å². The zero-order chi connectivity index (χ0) is 9.97. The monoisotopic (exact) mass is 198 g/mol. The highest BCUT2D eigenvalue weighted by Crippen LogP contribution is 2.41. The molecule has 4 unspecified atom stereocenters. The summed E-state index contributed by atoms with van der Waals surface area (Å²) in [6.45, 7) is 2.20. The molecule has 0 spiro atoms. The van der Waals surface area contributed by atoms with Gasteiger partial charge in [-0.15, -0.1) is 0 Å². The molecule has 1 N–H and O–H groups in total. The van der Waals surface area contributed by atoms with Crippen LogP contribution in [0.5, 0.6) is 0 Å². The lowest BCUT2D eigenvalue weighted by atomic mass is 9.83. The second-order valence-corrected chi connectivity index (χ2v) is 4.85. The molecule has 0 amide bonds. The van der Waals surface area contributed by atoms with Crippen LogP contribution in [0.25, 0.3) is 0 Å². The van der Waals surface area contributed by atoms with Crippen molar-refractivity contribution in [3.8, 4) is 0 Å². The molecular formula is C12H22O2. The number of aliphatic hydroxyl groups excluding tert-OH is 1. The van der Waals surface area contributed by atoms with Crippen LogP contribution in [0.2, 0.25) is 0 Å². The molecule has 2 heteroatoms. The molecule has 2 aliphatic rings. The molecular weight excluding hydrogens is 176 g/mol. The topological polar surface area (TPSA) is 32.8 Å². The van der Waals surface area contributed by atoms with Crippen LogP contribution >= 0.6 is 0 Å². The molecule has 2 nitrogen and oxygen atoms in total. The molecule has 0 bridgehead atoms. The van der Waals surface area contributed by atoms with Crippen molar-refractivity contribution in [2.75, 3.05) is 0 Å². The Kier molecular flexibility index (Phi) is 3.45. The van der Waals surface area contributed by atoms with Gasteiger partial charge >= 0.3 is 0 Å². The number of unbranched alkanes of at least 4 members (excludes halogenated alkanes) is 2. The second-order valence-electron chi connectivity index (χ2n) is 4.85. The summed E-state index contributed by atoms with van der Waals surface area (Å²) < 4.78 is 5.47. The number of fused-ring (bicyclic) bond motifs is 1. The maximum absolute atomic E-state index is 9.98. The predicted molar refractivity (Wildman–Crippen MR) is 56.2 cm³/mol. The van der Waals surface area contributed by atoms with Gasteiger partial charge in [0.05, 0.1) is 18.3 Å². The maximum atomic E-state index is 9.98. The third-order valence-corrected chi connectivity index (χ3v) is 3.69. The molecule has 4 atom stereocenters. The molecule has 82 valence electrons. The van der Waals surface area contributed by atoms with Crippen molar-refractivity contribution < 1.29 is 9.84 Å². The molecule has 2 fully saturated rings. The van der Waals surface area contributed by atoms with Crippen LogP contribution in [0.3, 0.4) is 0 Å². The summed E-state index contributed by atoms with van der Waals surface area (Å²) in [5.74, 6) is 0.524. The molecule has 14 heavy (non-hydrogen) atoms. The Morgan fingerprint density at radius 1 is 1.29 bits per heavy atom. The summed E-state index contributed by atoms with van der Waals surface area (Å²) in [6, 6.07) is 0. The van der Waals surface area contributed by atoms with Crippen molar-refractivity contribution in [3.05, 3.63) is 0 Å². The first-order chi connectivity index (χ1) is 6.81. The van der Waals surface area contributed by atoms with E-state index in [4.69, 9.17) is 4.74 Å².